The maximum Gasteiger partial charge on any atom is 0.308 e. The first-order chi connectivity index (χ1) is 5.74. The molecule has 0 aromatic carbocycles. The van der Waals surface area contributed by atoms with Gasteiger partial charge in [-0.25, -0.2) is 0 Å². The summed E-state index contributed by atoms with van der Waals surface area (Å²) in [5.74, 6) is -0.336. The largest absolute Gasteiger partial charge is 0.412 e. The molecule has 0 unspecified atom stereocenters. The smallest absolute Gasteiger partial charge is 0.308 e. The third kappa shape index (κ3) is 2.53. The summed E-state index contributed by atoms with van der Waals surface area (Å²) >= 11 is 4.36. The third-order valence-electron chi connectivity index (χ3n) is 1.09. The molecule has 66 valence electrons. The number of alkyl halides is 1. The number of hydrogen-bond acceptors (Lipinski definition) is 5. The number of aromatic nitrogens is 2. The second kappa shape index (κ2) is 4.51. The fourth-order valence-corrected chi connectivity index (χ4v) is 1.64. The number of carbonyl (C=O) groups excluding carboxylic acids is 1. The molecule has 4 nitrogen and oxygen atoms in total. The summed E-state index contributed by atoms with van der Waals surface area (Å²) in [7, 11) is 0. The van der Waals surface area contributed by atoms with Crippen molar-refractivity contribution in [3.05, 3.63) is 5.69 Å². The van der Waals surface area contributed by atoms with E-state index in [0.717, 1.165) is 29.0 Å². The van der Waals surface area contributed by atoms with Crippen molar-refractivity contribution in [1.82, 2.24) is 9.59 Å². The Morgan fingerprint density at radius 3 is 3.08 bits per heavy atom. The van der Waals surface area contributed by atoms with Crippen molar-refractivity contribution in [2.75, 3.05) is 5.33 Å². The van der Waals surface area contributed by atoms with Gasteiger partial charge in [-0.2, -0.15) is 0 Å². The van der Waals surface area contributed by atoms with Gasteiger partial charge in [-0.1, -0.05) is 20.4 Å². The van der Waals surface area contributed by atoms with E-state index in [1.807, 2.05) is 0 Å². The zero-order chi connectivity index (χ0) is 8.97. The molecule has 1 rings (SSSR count). The molecule has 0 aliphatic rings. The highest BCUT2D eigenvalue weighted by Gasteiger charge is 2.09. The Bertz CT molecular complexity index is 276. The van der Waals surface area contributed by atoms with E-state index in [2.05, 4.69) is 25.5 Å². The molecule has 0 atom stereocenters. The third-order valence-corrected chi connectivity index (χ3v) is 2.13. The van der Waals surface area contributed by atoms with Crippen LogP contribution >= 0.6 is 27.5 Å². The Morgan fingerprint density at radius 1 is 1.75 bits per heavy atom. The molecule has 0 saturated heterocycles. The molecule has 0 N–H and O–H groups in total. The first kappa shape index (κ1) is 9.60. The van der Waals surface area contributed by atoms with E-state index in [-0.39, 0.29) is 5.97 Å². The molecule has 0 fully saturated rings. The summed E-state index contributed by atoms with van der Waals surface area (Å²) < 4.78 is 8.56. The van der Waals surface area contributed by atoms with Crippen LogP contribution in [0.4, 0.5) is 0 Å². The van der Waals surface area contributed by atoms with Crippen molar-refractivity contribution in [1.29, 1.82) is 0 Å². The monoisotopic (exact) mass is 250 g/mol. The fourth-order valence-electron chi connectivity index (χ4n) is 0.650. The summed E-state index contributed by atoms with van der Waals surface area (Å²) in [6.07, 6.45) is 0.721. The minimum Gasteiger partial charge on any atom is -0.412 e. The summed E-state index contributed by atoms with van der Waals surface area (Å²) in [5.41, 5.74) is 0.729. The molecule has 0 aliphatic carbocycles. The van der Waals surface area contributed by atoms with Crippen LogP contribution in [0.5, 0.6) is 5.06 Å². The van der Waals surface area contributed by atoms with E-state index < -0.39 is 0 Å². The molecule has 12 heavy (non-hydrogen) atoms. The normalized spacial score (nSPS) is 9.83. The first-order valence-corrected chi connectivity index (χ1v) is 5.19. The molecule has 1 heterocycles. The van der Waals surface area contributed by atoms with Crippen LogP contribution < -0.4 is 4.74 Å². The molecule has 0 saturated carbocycles. The zero-order valence-corrected chi connectivity index (χ0v) is 8.81. The number of rotatable bonds is 3. The lowest BCUT2D eigenvalue weighted by Gasteiger charge is -1.96. The van der Waals surface area contributed by atoms with Gasteiger partial charge >= 0.3 is 5.97 Å². The average molecular weight is 251 g/mol. The van der Waals surface area contributed by atoms with Crippen LogP contribution in [0.25, 0.3) is 0 Å². The van der Waals surface area contributed by atoms with Gasteiger partial charge in [-0.3, -0.25) is 4.79 Å². The molecule has 1 aromatic rings. The summed E-state index contributed by atoms with van der Waals surface area (Å²) in [6, 6.07) is 0. The number of carbonyl (C=O) groups is 1. The van der Waals surface area contributed by atoms with E-state index >= 15 is 0 Å². The molecule has 6 heteroatoms. The quantitative estimate of drug-likeness (QED) is 0.602. The number of ether oxygens (including phenoxy) is 1. The van der Waals surface area contributed by atoms with E-state index in [0.29, 0.717) is 5.06 Å². The van der Waals surface area contributed by atoms with Gasteiger partial charge in [0, 0.05) is 30.2 Å². The Hall–Kier alpha value is -0.490. The standard InChI is InChI=1S/C6H7BrN2O2S/c1-4(10)11-6-5(2-3-7)8-9-12-6/h2-3H2,1H3. The Labute approximate surface area is 82.2 Å². The van der Waals surface area contributed by atoms with E-state index in [1.165, 1.54) is 6.92 Å². The first-order valence-electron chi connectivity index (χ1n) is 3.29. The Balaban J connectivity index is 2.69. The molecule has 0 bridgehead atoms. The van der Waals surface area contributed by atoms with Crippen LogP contribution in [0.2, 0.25) is 0 Å². The molecule has 1 aromatic heterocycles. The van der Waals surface area contributed by atoms with Gasteiger partial charge in [-0.15, -0.1) is 5.10 Å². The van der Waals surface area contributed by atoms with Gasteiger partial charge < -0.3 is 4.74 Å². The van der Waals surface area contributed by atoms with Crippen molar-refractivity contribution in [2.45, 2.75) is 13.3 Å². The van der Waals surface area contributed by atoms with E-state index in [1.54, 1.807) is 0 Å². The molecular formula is C6H7BrN2O2S. The molecule has 0 amide bonds. The number of nitrogens with zero attached hydrogens (tertiary/aromatic N) is 2. The van der Waals surface area contributed by atoms with Crippen molar-refractivity contribution < 1.29 is 9.53 Å². The van der Waals surface area contributed by atoms with Gasteiger partial charge in [0.1, 0.15) is 5.69 Å². The zero-order valence-electron chi connectivity index (χ0n) is 6.41. The summed E-state index contributed by atoms with van der Waals surface area (Å²) in [4.78, 5) is 10.6. The number of hydrogen-bond donors (Lipinski definition) is 0. The van der Waals surface area contributed by atoms with Gasteiger partial charge in [0.05, 0.1) is 0 Å². The van der Waals surface area contributed by atoms with Crippen LogP contribution in [0.1, 0.15) is 12.6 Å². The highest BCUT2D eigenvalue weighted by Crippen LogP contribution is 2.21. The van der Waals surface area contributed by atoms with Crippen molar-refractivity contribution in [3.63, 3.8) is 0 Å². The second-order valence-electron chi connectivity index (χ2n) is 2.04. The Kier molecular flexibility index (Phi) is 3.61. The highest BCUT2D eigenvalue weighted by atomic mass is 79.9. The van der Waals surface area contributed by atoms with Crippen LogP contribution in [0, 0.1) is 0 Å². The maximum atomic E-state index is 10.6. The van der Waals surface area contributed by atoms with Crippen LogP contribution in [0.15, 0.2) is 0 Å². The minimum atomic E-state index is -0.336. The van der Waals surface area contributed by atoms with E-state index in [4.69, 9.17) is 4.74 Å². The van der Waals surface area contributed by atoms with Crippen LogP contribution in [0.3, 0.4) is 0 Å². The summed E-state index contributed by atoms with van der Waals surface area (Å²) in [6.45, 7) is 1.36. The lowest BCUT2D eigenvalue weighted by atomic mass is 10.4. The fraction of sp³-hybridized carbons (Fsp3) is 0.500. The molecule has 0 radical (unpaired) electrons. The Morgan fingerprint density at radius 2 is 2.50 bits per heavy atom. The van der Waals surface area contributed by atoms with Gasteiger partial charge in [0.25, 0.3) is 0 Å². The minimum absolute atomic E-state index is 0.336. The molecule has 0 spiro atoms. The van der Waals surface area contributed by atoms with E-state index in [9.17, 15) is 4.79 Å². The predicted molar refractivity (Wildman–Crippen MR) is 48.7 cm³/mol. The van der Waals surface area contributed by atoms with Gasteiger partial charge in [-0.05, 0) is 0 Å². The number of esters is 1. The average Bonchev–Trinajstić information content (AvgIpc) is 2.37. The van der Waals surface area contributed by atoms with Crippen molar-refractivity contribution in [2.24, 2.45) is 0 Å². The lowest BCUT2D eigenvalue weighted by Crippen LogP contribution is -2.02. The van der Waals surface area contributed by atoms with Gasteiger partial charge in [0.2, 0.25) is 5.06 Å². The second-order valence-corrected chi connectivity index (χ2v) is 3.55. The predicted octanol–water partition coefficient (Wildman–Crippen LogP) is 1.40. The SMILES string of the molecule is CC(=O)Oc1snnc1CCBr. The van der Waals surface area contributed by atoms with Crippen molar-refractivity contribution in [3.8, 4) is 5.06 Å². The molecular weight excluding hydrogens is 244 g/mol. The lowest BCUT2D eigenvalue weighted by molar-refractivity contribution is -0.131. The van der Waals surface area contributed by atoms with Crippen LogP contribution in [-0.4, -0.2) is 20.9 Å². The highest BCUT2D eigenvalue weighted by molar-refractivity contribution is 9.09. The maximum absolute atomic E-state index is 10.6. The van der Waals surface area contributed by atoms with Crippen LogP contribution in [-0.2, 0) is 11.2 Å². The summed E-state index contributed by atoms with van der Waals surface area (Å²) in [5, 5.41) is 5.11. The molecule has 0 aliphatic heterocycles. The van der Waals surface area contributed by atoms with Gasteiger partial charge in [0.15, 0.2) is 0 Å². The number of halogens is 1. The number of aryl methyl sites for hydroxylation is 1. The van der Waals surface area contributed by atoms with Crippen molar-refractivity contribution >= 4 is 33.4 Å². The topological polar surface area (TPSA) is 52.1 Å².